The van der Waals surface area contributed by atoms with Crippen molar-refractivity contribution in [2.45, 2.75) is 32.1 Å². The van der Waals surface area contributed by atoms with Crippen LogP contribution in [-0.2, 0) is 4.79 Å². The summed E-state index contributed by atoms with van der Waals surface area (Å²) in [6.45, 7) is 5.44. The maximum atomic E-state index is 11.7. The Morgan fingerprint density at radius 3 is 2.59 bits per heavy atom. The van der Waals surface area contributed by atoms with Gasteiger partial charge in [0.25, 0.3) is 0 Å². The molecule has 2 rings (SSSR count). The van der Waals surface area contributed by atoms with E-state index >= 15 is 0 Å². The SMILES string of the molecule is O=C1CC(CCl)CN1CCCN1CCCCC1. The molecule has 2 fully saturated rings. The lowest BCUT2D eigenvalue weighted by molar-refractivity contribution is -0.127. The number of carbonyl (C=O) groups excluding carboxylic acids is 1. The Bertz CT molecular complexity index is 254. The van der Waals surface area contributed by atoms with E-state index < -0.39 is 0 Å². The molecule has 0 bridgehead atoms. The zero-order valence-corrected chi connectivity index (χ0v) is 11.3. The molecule has 1 unspecified atom stereocenters. The topological polar surface area (TPSA) is 23.6 Å². The minimum absolute atomic E-state index is 0.300. The fourth-order valence-corrected chi connectivity index (χ4v) is 3.05. The molecule has 98 valence electrons. The summed E-state index contributed by atoms with van der Waals surface area (Å²) in [7, 11) is 0. The van der Waals surface area contributed by atoms with Gasteiger partial charge in [-0.25, -0.2) is 0 Å². The van der Waals surface area contributed by atoms with Crippen molar-refractivity contribution < 1.29 is 4.79 Å². The molecule has 2 aliphatic heterocycles. The van der Waals surface area contributed by atoms with Gasteiger partial charge in [0.2, 0.25) is 5.91 Å². The number of carbonyl (C=O) groups is 1. The molecule has 4 heteroatoms. The van der Waals surface area contributed by atoms with Crippen LogP contribution in [0.2, 0.25) is 0 Å². The summed E-state index contributed by atoms with van der Waals surface area (Å²) in [5.74, 6) is 1.31. The van der Waals surface area contributed by atoms with Gasteiger partial charge in [-0.2, -0.15) is 0 Å². The first-order valence-corrected chi connectivity index (χ1v) is 7.39. The highest BCUT2D eigenvalue weighted by Crippen LogP contribution is 2.19. The van der Waals surface area contributed by atoms with Crippen molar-refractivity contribution in [3.63, 3.8) is 0 Å². The van der Waals surface area contributed by atoms with Gasteiger partial charge in [0.05, 0.1) is 0 Å². The molecule has 2 heterocycles. The lowest BCUT2D eigenvalue weighted by Crippen LogP contribution is -2.34. The van der Waals surface area contributed by atoms with E-state index in [1.54, 1.807) is 0 Å². The number of alkyl halides is 1. The number of nitrogens with zero attached hydrogens (tertiary/aromatic N) is 2. The smallest absolute Gasteiger partial charge is 0.222 e. The van der Waals surface area contributed by atoms with Crippen LogP contribution >= 0.6 is 11.6 Å². The molecular formula is C13H23ClN2O. The molecule has 1 atom stereocenters. The summed E-state index contributed by atoms with van der Waals surface area (Å²) in [5, 5.41) is 0. The largest absolute Gasteiger partial charge is 0.342 e. The molecule has 0 aromatic rings. The van der Waals surface area contributed by atoms with Crippen LogP contribution in [0.4, 0.5) is 0 Å². The van der Waals surface area contributed by atoms with Crippen molar-refractivity contribution in [3.05, 3.63) is 0 Å². The number of hydrogen-bond acceptors (Lipinski definition) is 2. The summed E-state index contributed by atoms with van der Waals surface area (Å²) in [6.07, 6.45) is 5.85. The molecule has 2 aliphatic rings. The van der Waals surface area contributed by atoms with Crippen molar-refractivity contribution in [2.75, 3.05) is 38.6 Å². The fraction of sp³-hybridized carbons (Fsp3) is 0.923. The number of halogens is 1. The van der Waals surface area contributed by atoms with Crippen LogP contribution in [0.1, 0.15) is 32.1 Å². The quantitative estimate of drug-likeness (QED) is 0.704. The van der Waals surface area contributed by atoms with E-state index in [4.69, 9.17) is 11.6 Å². The molecular weight excluding hydrogens is 236 g/mol. The zero-order chi connectivity index (χ0) is 12.1. The number of rotatable bonds is 5. The second-order valence-corrected chi connectivity index (χ2v) is 5.63. The van der Waals surface area contributed by atoms with Gasteiger partial charge in [-0.15, -0.1) is 11.6 Å². The van der Waals surface area contributed by atoms with Crippen LogP contribution in [0.25, 0.3) is 0 Å². The van der Waals surface area contributed by atoms with Gasteiger partial charge >= 0.3 is 0 Å². The molecule has 17 heavy (non-hydrogen) atoms. The first-order valence-electron chi connectivity index (χ1n) is 6.85. The van der Waals surface area contributed by atoms with Gasteiger partial charge < -0.3 is 9.80 Å². The molecule has 0 N–H and O–H groups in total. The third kappa shape index (κ3) is 3.85. The first-order chi connectivity index (χ1) is 8.29. The molecule has 0 spiro atoms. The minimum Gasteiger partial charge on any atom is -0.342 e. The molecule has 1 amide bonds. The van der Waals surface area contributed by atoms with Crippen molar-refractivity contribution in [1.82, 2.24) is 9.80 Å². The maximum absolute atomic E-state index is 11.7. The molecule has 0 radical (unpaired) electrons. The monoisotopic (exact) mass is 258 g/mol. The summed E-state index contributed by atoms with van der Waals surface area (Å²) in [5.41, 5.74) is 0. The van der Waals surface area contributed by atoms with Crippen molar-refractivity contribution in [1.29, 1.82) is 0 Å². The zero-order valence-electron chi connectivity index (χ0n) is 10.5. The lowest BCUT2D eigenvalue weighted by atomic mass is 10.1. The normalized spacial score (nSPS) is 26.8. The highest BCUT2D eigenvalue weighted by atomic mass is 35.5. The average Bonchev–Trinajstić information content (AvgIpc) is 2.72. The second kappa shape index (κ2) is 6.60. The van der Waals surface area contributed by atoms with Crippen LogP contribution < -0.4 is 0 Å². The second-order valence-electron chi connectivity index (χ2n) is 5.32. The third-order valence-corrected chi connectivity index (χ3v) is 4.30. The standard InChI is InChI=1S/C13H23ClN2O/c14-10-12-9-13(17)16(11-12)8-4-7-15-5-2-1-3-6-15/h12H,1-11H2. The molecule has 0 aromatic carbocycles. The number of hydrogen-bond donors (Lipinski definition) is 0. The first kappa shape index (κ1) is 13.2. The van der Waals surface area contributed by atoms with Gasteiger partial charge in [0.1, 0.15) is 0 Å². The van der Waals surface area contributed by atoms with E-state index in [1.807, 2.05) is 4.90 Å². The Kier molecular flexibility index (Phi) is 5.11. The lowest BCUT2D eigenvalue weighted by Gasteiger charge is -2.27. The average molecular weight is 259 g/mol. The third-order valence-electron chi connectivity index (χ3n) is 3.86. The Balaban J connectivity index is 1.63. The summed E-state index contributed by atoms with van der Waals surface area (Å²) in [4.78, 5) is 16.2. The van der Waals surface area contributed by atoms with Crippen molar-refractivity contribution in [3.8, 4) is 0 Å². The van der Waals surface area contributed by atoms with E-state index in [-0.39, 0.29) is 0 Å². The van der Waals surface area contributed by atoms with Crippen LogP contribution in [0.5, 0.6) is 0 Å². The van der Waals surface area contributed by atoms with E-state index in [1.165, 1.54) is 32.4 Å². The predicted molar refractivity (Wildman–Crippen MR) is 70.3 cm³/mol. The Morgan fingerprint density at radius 2 is 1.94 bits per heavy atom. The highest BCUT2D eigenvalue weighted by Gasteiger charge is 2.28. The van der Waals surface area contributed by atoms with Crippen molar-refractivity contribution in [2.24, 2.45) is 5.92 Å². The van der Waals surface area contributed by atoms with Gasteiger partial charge in [-0.3, -0.25) is 4.79 Å². The van der Waals surface area contributed by atoms with Crippen molar-refractivity contribution >= 4 is 17.5 Å². The van der Waals surface area contributed by atoms with Crippen LogP contribution in [-0.4, -0.2) is 54.3 Å². The molecule has 0 aromatic heterocycles. The van der Waals surface area contributed by atoms with Gasteiger partial charge in [-0.05, 0) is 44.8 Å². The number of likely N-dealkylation sites (tertiary alicyclic amines) is 2. The molecule has 0 saturated carbocycles. The van der Waals surface area contributed by atoms with Gasteiger partial charge in [-0.1, -0.05) is 6.42 Å². The summed E-state index contributed by atoms with van der Waals surface area (Å²) in [6, 6.07) is 0. The number of amides is 1. The maximum Gasteiger partial charge on any atom is 0.222 e. The Morgan fingerprint density at radius 1 is 1.18 bits per heavy atom. The molecule has 0 aliphatic carbocycles. The van der Waals surface area contributed by atoms with E-state index in [0.29, 0.717) is 24.1 Å². The van der Waals surface area contributed by atoms with E-state index in [9.17, 15) is 4.79 Å². The van der Waals surface area contributed by atoms with E-state index in [0.717, 1.165) is 26.1 Å². The molecule has 3 nitrogen and oxygen atoms in total. The van der Waals surface area contributed by atoms with Crippen LogP contribution in [0.15, 0.2) is 0 Å². The number of piperidine rings is 1. The van der Waals surface area contributed by atoms with Gasteiger partial charge in [0, 0.05) is 25.4 Å². The van der Waals surface area contributed by atoms with Crippen LogP contribution in [0.3, 0.4) is 0 Å². The Hall–Kier alpha value is -0.280. The van der Waals surface area contributed by atoms with Crippen LogP contribution in [0, 0.1) is 5.92 Å². The Labute approximate surface area is 109 Å². The molecule has 2 saturated heterocycles. The minimum atomic E-state index is 0.300. The predicted octanol–water partition coefficient (Wildman–Crippen LogP) is 1.95. The fourth-order valence-electron chi connectivity index (χ4n) is 2.84. The van der Waals surface area contributed by atoms with Gasteiger partial charge in [0.15, 0.2) is 0 Å². The summed E-state index contributed by atoms with van der Waals surface area (Å²) < 4.78 is 0. The highest BCUT2D eigenvalue weighted by molar-refractivity contribution is 6.18. The van der Waals surface area contributed by atoms with E-state index in [2.05, 4.69) is 4.90 Å². The summed E-state index contributed by atoms with van der Waals surface area (Å²) >= 11 is 5.81.